The number of hydrogen-bond acceptors (Lipinski definition) is 2. The standard InChI is InChI=1S/C4H11O3P.Yb/c1-4(2)7-8(3,5)6;/h4H,1-3H3,(H,5,6);. The predicted octanol–water partition coefficient (Wildman–Crippen LogP) is 1.23. The summed E-state index contributed by atoms with van der Waals surface area (Å²) in [6.07, 6.45) is -0.171. The van der Waals surface area contributed by atoms with Gasteiger partial charge in [-0.2, -0.15) is 0 Å². The maximum Gasteiger partial charge on any atom is 0.325 e. The average molecular weight is 311 g/mol. The molecule has 9 heavy (non-hydrogen) atoms. The molecule has 0 heterocycles. The normalized spacial score (nSPS) is 16.6. The Labute approximate surface area is 93.9 Å². The number of hydrogen-bond donors (Lipinski definition) is 1. The van der Waals surface area contributed by atoms with Gasteiger partial charge in [-0.15, -0.1) is 0 Å². The van der Waals surface area contributed by atoms with Crippen molar-refractivity contribution >= 4 is 7.60 Å². The SMILES string of the molecule is CC(C)OP(C)(=O)O.[Yb]. The third-order valence-corrected chi connectivity index (χ3v) is 1.22. The Balaban J connectivity index is 0. The molecule has 0 aliphatic carbocycles. The van der Waals surface area contributed by atoms with Crippen LogP contribution in [0.15, 0.2) is 0 Å². The van der Waals surface area contributed by atoms with Crippen LogP contribution in [-0.2, 0) is 9.09 Å². The molecule has 1 atom stereocenters. The molecule has 0 fully saturated rings. The van der Waals surface area contributed by atoms with Crippen molar-refractivity contribution in [3.05, 3.63) is 0 Å². The maximum atomic E-state index is 10.4. The van der Waals surface area contributed by atoms with Gasteiger partial charge in [0.2, 0.25) is 0 Å². The van der Waals surface area contributed by atoms with Gasteiger partial charge in [-0.3, -0.25) is 4.57 Å². The smallest absolute Gasteiger partial charge is 0.324 e. The molecule has 0 aliphatic heterocycles. The molecule has 0 bridgehead atoms. The van der Waals surface area contributed by atoms with Gasteiger partial charge in [0.05, 0.1) is 6.10 Å². The Morgan fingerprint density at radius 1 is 1.56 bits per heavy atom. The molecule has 0 spiro atoms. The quantitative estimate of drug-likeness (QED) is 0.780. The van der Waals surface area contributed by atoms with E-state index in [4.69, 9.17) is 4.89 Å². The predicted molar refractivity (Wildman–Crippen MR) is 32.0 cm³/mol. The first-order valence-corrected chi connectivity index (χ1v) is 4.43. The van der Waals surface area contributed by atoms with Gasteiger partial charge in [0, 0.05) is 53.6 Å². The Hall–Kier alpha value is 1.67. The molecular weight excluding hydrogens is 300 g/mol. The Morgan fingerprint density at radius 3 is 1.89 bits per heavy atom. The van der Waals surface area contributed by atoms with Crippen molar-refractivity contribution < 1.29 is 60.9 Å². The van der Waals surface area contributed by atoms with E-state index in [9.17, 15) is 4.57 Å². The van der Waals surface area contributed by atoms with Crippen molar-refractivity contribution in [2.75, 3.05) is 6.66 Å². The summed E-state index contributed by atoms with van der Waals surface area (Å²) in [5.41, 5.74) is 0. The molecule has 0 saturated heterocycles. The molecule has 3 nitrogen and oxygen atoms in total. The van der Waals surface area contributed by atoms with Gasteiger partial charge in [0.15, 0.2) is 0 Å². The van der Waals surface area contributed by atoms with Gasteiger partial charge in [-0.25, -0.2) is 0 Å². The van der Waals surface area contributed by atoms with Gasteiger partial charge in [-0.05, 0) is 13.8 Å². The molecule has 0 amide bonds. The monoisotopic (exact) mass is 312 g/mol. The minimum absolute atomic E-state index is 0. The van der Waals surface area contributed by atoms with Crippen LogP contribution in [-0.4, -0.2) is 17.7 Å². The summed E-state index contributed by atoms with van der Waals surface area (Å²) in [7, 11) is -3.22. The summed E-state index contributed by atoms with van der Waals surface area (Å²) in [5.74, 6) is 0. The maximum absolute atomic E-state index is 10.4. The van der Waals surface area contributed by atoms with Crippen LogP contribution in [0.2, 0.25) is 0 Å². The minimum Gasteiger partial charge on any atom is -0.324 e. The third-order valence-electron chi connectivity index (χ3n) is 0.406. The van der Waals surface area contributed by atoms with E-state index < -0.39 is 7.60 Å². The van der Waals surface area contributed by atoms with Gasteiger partial charge in [0.25, 0.3) is 0 Å². The fourth-order valence-corrected chi connectivity index (χ4v) is 1.17. The van der Waals surface area contributed by atoms with E-state index in [2.05, 4.69) is 4.52 Å². The van der Waals surface area contributed by atoms with E-state index in [0.29, 0.717) is 0 Å². The van der Waals surface area contributed by atoms with Crippen molar-refractivity contribution in [3.63, 3.8) is 0 Å². The molecule has 0 aromatic rings. The number of rotatable bonds is 2. The second-order valence-electron chi connectivity index (χ2n) is 1.96. The van der Waals surface area contributed by atoms with Crippen molar-refractivity contribution in [2.24, 2.45) is 0 Å². The Kier molecular flexibility index (Phi) is 7.87. The second-order valence-corrected chi connectivity index (χ2v) is 3.77. The zero-order chi connectivity index (χ0) is 6.78. The molecule has 64 valence electrons. The summed E-state index contributed by atoms with van der Waals surface area (Å²) < 4.78 is 14.9. The fourth-order valence-electron chi connectivity index (χ4n) is 0.391. The van der Waals surface area contributed by atoms with Crippen LogP contribution in [0, 0.1) is 46.9 Å². The van der Waals surface area contributed by atoms with E-state index in [1.165, 1.54) is 6.66 Å². The first kappa shape index (κ1) is 13.3. The van der Waals surface area contributed by atoms with Crippen LogP contribution < -0.4 is 0 Å². The first-order valence-electron chi connectivity index (χ1n) is 2.40. The average Bonchev–Trinajstić information content (AvgIpc) is 1.21. The van der Waals surface area contributed by atoms with Crippen molar-refractivity contribution in [2.45, 2.75) is 20.0 Å². The zero-order valence-corrected chi connectivity index (χ0v) is 8.16. The third kappa shape index (κ3) is 12.8. The topological polar surface area (TPSA) is 46.5 Å². The molecule has 1 N–H and O–H groups in total. The van der Waals surface area contributed by atoms with Gasteiger partial charge >= 0.3 is 7.60 Å². The van der Waals surface area contributed by atoms with E-state index in [1.807, 2.05) is 0 Å². The molecule has 0 saturated carbocycles. The van der Waals surface area contributed by atoms with Gasteiger partial charge in [0.1, 0.15) is 0 Å². The van der Waals surface area contributed by atoms with Crippen LogP contribution in [0.5, 0.6) is 0 Å². The van der Waals surface area contributed by atoms with Crippen molar-refractivity contribution in [3.8, 4) is 0 Å². The zero-order valence-electron chi connectivity index (χ0n) is 5.56. The molecule has 5 heteroatoms. The van der Waals surface area contributed by atoms with Crippen molar-refractivity contribution in [1.82, 2.24) is 0 Å². The van der Waals surface area contributed by atoms with E-state index in [-0.39, 0.29) is 53.0 Å². The molecule has 0 aromatic heterocycles. The van der Waals surface area contributed by atoms with Crippen LogP contribution >= 0.6 is 7.60 Å². The summed E-state index contributed by atoms with van der Waals surface area (Å²) in [4.78, 5) is 8.52. The van der Waals surface area contributed by atoms with Crippen LogP contribution in [0.4, 0.5) is 0 Å². The molecule has 0 rings (SSSR count). The Bertz CT molecular complexity index is 108. The molecular formula is C4H11O3PYb. The summed E-state index contributed by atoms with van der Waals surface area (Å²) >= 11 is 0. The minimum atomic E-state index is -3.22. The van der Waals surface area contributed by atoms with Crippen LogP contribution in [0.1, 0.15) is 13.8 Å². The molecule has 1 unspecified atom stereocenters. The summed E-state index contributed by atoms with van der Waals surface area (Å²) in [6, 6.07) is 0. The second kappa shape index (κ2) is 5.34. The van der Waals surface area contributed by atoms with Crippen molar-refractivity contribution in [1.29, 1.82) is 0 Å². The molecule has 0 radical (unpaired) electrons. The fraction of sp³-hybridized carbons (Fsp3) is 1.00. The summed E-state index contributed by atoms with van der Waals surface area (Å²) in [5, 5.41) is 0. The largest absolute Gasteiger partial charge is 0.325 e. The van der Waals surface area contributed by atoms with E-state index in [1.54, 1.807) is 13.8 Å². The first-order chi connectivity index (χ1) is 3.42. The van der Waals surface area contributed by atoms with Crippen LogP contribution in [0.25, 0.3) is 0 Å². The molecule has 0 aromatic carbocycles. The van der Waals surface area contributed by atoms with Gasteiger partial charge in [-0.1, -0.05) is 0 Å². The summed E-state index contributed by atoms with van der Waals surface area (Å²) in [6.45, 7) is 4.60. The van der Waals surface area contributed by atoms with E-state index in [0.717, 1.165) is 0 Å². The van der Waals surface area contributed by atoms with Crippen LogP contribution in [0.3, 0.4) is 0 Å². The van der Waals surface area contributed by atoms with E-state index >= 15 is 0 Å². The Morgan fingerprint density at radius 2 is 1.89 bits per heavy atom. The van der Waals surface area contributed by atoms with Gasteiger partial charge < -0.3 is 9.42 Å². The molecule has 0 aliphatic rings.